The largest absolute Gasteiger partial charge is 0.351 e. The smallest absolute Gasteiger partial charge is 0.314 e. The molecule has 0 aliphatic heterocycles. The molecule has 0 aromatic heterocycles. The van der Waals surface area contributed by atoms with E-state index in [0.717, 1.165) is 5.56 Å². The summed E-state index contributed by atoms with van der Waals surface area (Å²) in [5.74, 6) is -0.288. The minimum atomic E-state index is -3.29. The fraction of sp³-hybridized carbons (Fsp3) is 0.571. The lowest BCUT2D eigenvalue weighted by Gasteiger charge is -2.23. The Morgan fingerprint density at radius 2 is 1.47 bits per heavy atom. The van der Waals surface area contributed by atoms with Gasteiger partial charge in [0, 0.05) is 0 Å². The van der Waals surface area contributed by atoms with Crippen LogP contribution in [-0.4, -0.2) is 13.2 Å². The number of nitrogens with two attached hydrogens (primary N) is 1. The maximum absolute atomic E-state index is 12.6. The van der Waals surface area contributed by atoms with Crippen molar-refractivity contribution < 1.29 is 13.6 Å². The van der Waals surface area contributed by atoms with Crippen molar-refractivity contribution in [1.29, 1.82) is 0 Å². The zero-order valence-electron chi connectivity index (χ0n) is 12.1. The van der Waals surface area contributed by atoms with Crippen molar-refractivity contribution in [3.8, 4) is 0 Å². The van der Waals surface area contributed by atoms with Gasteiger partial charge in [-0.15, -0.1) is 0 Å². The number of hydrogen-bond donors (Lipinski definition) is 1. The van der Waals surface area contributed by atoms with Crippen LogP contribution in [0.1, 0.15) is 50.5 Å². The van der Waals surface area contributed by atoms with Crippen LogP contribution in [0, 0.1) is 0 Å². The van der Waals surface area contributed by atoms with Gasteiger partial charge < -0.3 is 14.8 Å². The highest BCUT2D eigenvalue weighted by molar-refractivity contribution is 7.54. The van der Waals surface area contributed by atoms with Gasteiger partial charge in [-0.2, -0.15) is 0 Å². The lowest BCUT2D eigenvalue weighted by molar-refractivity contribution is 0.212. The van der Waals surface area contributed by atoms with Gasteiger partial charge >= 0.3 is 7.60 Å². The Bertz CT molecular complexity index is 421. The average Bonchev–Trinajstić information content (AvgIpc) is 2.38. The summed E-state index contributed by atoms with van der Waals surface area (Å²) >= 11 is 0. The van der Waals surface area contributed by atoms with Crippen LogP contribution in [-0.2, 0) is 13.6 Å². The van der Waals surface area contributed by atoms with Gasteiger partial charge in [0.15, 0.2) is 0 Å². The van der Waals surface area contributed by atoms with Crippen molar-refractivity contribution in [3.05, 3.63) is 35.4 Å². The lowest BCUT2D eigenvalue weighted by Crippen LogP contribution is -2.15. The van der Waals surface area contributed by atoms with Crippen molar-refractivity contribution in [2.75, 3.05) is 13.2 Å². The first-order valence-corrected chi connectivity index (χ1v) is 8.30. The molecule has 1 unspecified atom stereocenters. The molecule has 2 N–H and O–H groups in total. The molecule has 19 heavy (non-hydrogen) atoms. The summed E-state index contributed by atoms with van der Waals surface area (Å²) in [6.45, 7) is 8.44. The summed E-state index contributed by atoms with van der Waals surface area (Å²) in [6.07, 6.45) is 0. The van der Waals surface area contributed by atoms with Gasteiger partial charge in [-0.05, 0) is 30.9 Å². The van der Waals surface area contributed by atoms with Crippen molar-refractivity contribution >= 4 is 7.60 Å². The van der Waals surface area contributed by atoms with Crippen LogP contribution in [0.25, 0.3) is 0 Å². The van der Waals surface area contributed by atoms with E-state index in [4.69, 9.17) is 14.8 Å². The fourth-order valence-corrected chi connectivity index (χ4v) is 3.47. The summed E-state index contributed by atoms with van der Waals surface area (Å²) in [6, 6.07) is 7.79. The SMILES string of the molecule is CCOP(=O)(OCC)C(N)c1ccc(C(C)C)cc1. The zero-order valence-corrected chi connectivity index (χ0v) is 13.0. The van der Waals surface area contributed by atoms with Crippen molar-refractivity contribution in [3.63, 3.8) is 0 Å². The van der Waals surface area contributed by atoms with Gasteiger partial charge in [-0.1, -0.05) is 38.1 Å². The summed E-state index contributed by atoms with van der Waals surface area (Å²) in [5, 5.41) is 0. The van der Waals surface area contributed by atoms with E-state index in [9.17, 15) is 4.57 Å². The molecule has 5 heteroatoms. The summed E-state index contributed by atoms with van der Waals surface area (Å²) < 4.78 is 23.1. The lowest BCUT2D eigenvalue weighted by atomic mass is 10.0. The van der Waals surface area contributed by atoms with Gasteiger partial charge in [0.1, 0.15) is 5.78 Å². The van der Waals surface area contributed by atoms with Crippen molar-refractivity contribution in [2.24, 2.45) is 5.73 Å². The Morgan fingerprint density at radius 1 is 1.05 bits per heavy atom. The molecule has 0 spiro atoms. The molecule has 4 nitrogen and oxygen atoms in total. The molecule has 0 radical (unpaired) electrons. The molecule has 1 rings (SSSR count). The molecule has 0 bridgehead atoms. The molecule has 0 aliphatic rings. The monoisotopic (exact) mass is 285 g/mol. The molecule has 0 saturated carbocycles. The third-order valence-electron chi connectivity index (χ3n) is 2.90. The third-order valence-corrected chi connectivity index (χ3v) is 5.12. The van der Waals surface area contributed by atoms with Gasteiger partial charge in [0.2, 0.25) is 0 Å². The third kappa shape index (κ3) is 4.15. The molecule has 108 valence electrons. The molecule has 1 aromatic carbocycles. The maximum atomic E-state index is 12.6. The minimum absolute atomic E-state index is 0.315. The van der Waals surface area contributed by atoms with Crippen molar-refractivity contribution in [2.45, 2.75) is 39.4 Å². The van der Waals surface area contributed by atoms with E-state index < -0.39 is 13.4 Å². The van der Waals surface area contributed by atoms with Crippen LogP contribution in [0.5, 0.6) is 0 Å². The average molecular weight is 285 g/mol. The first-order valence-electron chi connectivity index (χ1n) is 6.68. The predicted molar refractivity (Wildman–Crippen MR) is 78.3 cm³/mol. The number of hydrogen-bond acceptors (Lipinski definition) is 4. The fourth-order valence-electron chi connectivity index (χ4n) is 1.82. The summed E-state index contributed by atoms with van der Waals surface area (Å²) in [4.78, 5) is 0. The van der Waals surface area contributed by atoms with Crippen LogP contribution in [0.2, 0.25) is 0 Å². The van der Waals surface area contributed by atoms with Gasteiger partial charge in [-0.3, -0.25) is 4.57 Å². The number of benzene rings is 1. The Balaban J connectivity index is 2.96. The highest BCUT2D eigenvalue weighted by Gasteiger charge is 2.33. The Hall–Kier alpha value is -0.670. The first-order chi connectivity index (χ1) is 8.94. The van der Waals surface area contributed by atoms with Crippen LogP contribution in [0.4, 0.5) is 0 Å². The van der Waals surface area contributed by atoms with E-state index in [1.807, 2.05) is 24.3 Å². The molecule has 1 aromatic rings. The second kappa shape index (κ2) is 7.20. The molecule has 0 aliphatic carbocycles. The molecule has 0 heterocycles. The number of rotatable bonds is 7. The van der Waals surface area contributed by atoms with E-state index in [1.54, 1.807) is 13.8 Å². The van der Waals surface area contributed by atoms with Crippen LogP contribution in [0.3, 0.4) is 0 Å². The van der Waals surface area contributed by atoms with E-state index in [0.29, 0.717) is 19.1 Å². The molecule has 1 atom stereocenters. The van der Waals surface area contributed by atoms with E-state index in [1.165, 1.54) is 5.56 Å². The predicted octanol–water partition coefficient (Wildman–Crippen LogP) is 4.03. The Kier molecular flexibility index (Phi) is 6.21. The molecule has 0 fully saturated rings. The highest BCUT2D eigenvalue weighted by Crippen LogP contribution is 2.58. The highest BCUT2D eigenvalue weighted by atomic mass is 31.2. The molecular formula is C14H24NO3P. The first kappa shape index (κ1) is 16.4. The van der Waals surface area contributed by atoms with E-state index in [-0.39, 0.29) is 0 Å². The zero-order chi connectivity index (χ0) is 14.5. The normalized spacial score (nSPS) is 13.8. The summed E-state index contributed by atoms with van der Waals surface area (Å²) in [7, 11) is -3.29. The van der Waals surface area contributed by atoms with Crippen LogP contribution in [0.15, 0.2) is 24.3 Å². The standard InChI is InChI=1S/C14H24NO3P/c1-5-17-19(16,18-6-2)14(15)13-9-7-12(8-10-13)11(3)4/h7-11,14H,5-6,15H2,1-4H3. The van der Waals surface area contributed by atoms with E-state index in [2.05, 4.69) is 13.8 Å². The summed E-state index contributed by atoms with van der Waals surface area (Å²) in [5.41, 5.74) is 8.05. The Labute approximate surface area is 115 Å². The van der Waals surface area contributed by atoms with E-state index >= 15 is 0 Å². The second-order valence-corrected chi connectivity index (χ2v) is 6.79. The van der Waals surface area contributed by atoms with Crippen LogP contribution >= 0.6 is 7.60 Å². The quantitative estimate of drug-likeness (QED) is 0.768. The van der Waals surface area contributed by atoms with Gasteiger partial charge in [0.25, 0.3) is 0 Å². The minimum Gasteiger partial charge on any atom is -0.314 e. The molecule has 0 amide bonds. The van der Waals surface area contributed by atoms with Crippen molar-refractivity contribution in [1.82, 2.24) is 0 Å². The molecule has 0 saturated heterocycles. The topological polar surface area (TPSA) is 61.5 Å². The molecular weight excluding hydrogens is 261 g/mol. The maximum Gasteiger partial charge on any atom is 0.351 e. The van der Waals surface area contributed by atoms with Crippen LogP contribution < -0.4 is 5.73 Å². The Morgan fingerprint density at radius 3 is 1.84 bits per heavy atom. The van der Waals surface area contributed by atoms with Gasteiger partial charge in [0.05, 0.1) is 13.2 Å². The second-order valence-electron chi connectivity index (χ2n) is 4.64. The van der Waals surface area contributed by atoms with Gasteiger partial charge in [-0.25, -0.2) is 0 Å².